The highest BCUT2D eigenvalue weighted by molar-refractivity contribution is 5.74. The number of rotatable bonds is 4. The first-order valence-corrected chi connectivity index (χ1v) is 7.89. The van der Waals surface area contributed by atoms with Crippen LogP contribution in [-0.2, 0) is 19.1 Å². The zero-order valence-electron chi connectivity index (χ0n) is 12.4. The molecule has 20 heavy (non-hydrogen) atoms. The standard InChI is InChI=1S/C16H24O4/c1-16(2)12(19-14(17)10-5-3-6-10)9-13(16)20-15(18)11-7-4-8-11/h10-13H,3-9H2,1-2H3/t12-,13-/m0/s1. The number of hydrogen-bond acceptors (Lipinski definition) is 4. The molecule has 0 aliphatic heterocycles. The van der Waals surface area contributed by atoms with Crippen LogP contribution in [-0.4, -0.2) is 24.1 Å². The van der Waals surface area contributed by atoms with Crippen LogP contribution < -0.4 is 0 Å². The fourth-order valence-electron chi connectivity index (χ4n) is 3.01. The predicted octanol–water partition coefficient (Wildman–Crippen LogP) is 2.84. The molecule has 0 spiro atoms. The van der Waals surface area contributed by atoms with Gasteiger partial charge in [-0.05, 0) is 25.7 Å². The summed E-state index contributed by atoms with van der Waals surface area (Å²) in [6, 6.07) is 0. The lowest BCUT2D eigenvalue weighted by atomic mass is 9.66. The van der Waals surface area contributed by atoms with E-state index in [-0.39, 0.29) is 41.4 Å². The summed E-state index contributed by atoms with van der Waals surface area (Å²) in [5.41, 5.74) is -0.251. The van der Waals surface area contributed by atoms with Crippen LogP contribution in [0.1, 0.15) is 58.8 Å². The zero-order chi connectivity index (χ0) is 14.3. The average molecular weight is 280 g/mol. The lowest BCUT2D eigenvalue weighted by Gasteiger charge is -2.50. The molecule has 0 aromatic heterocycles. The third-order valence-electron chi connectivity index (χ3n) is 5.48. The van der Waals surface area contributed by atoms with Crippen molar-refractivity contribution in [2.24, 2.45) is 17.3 Å². The van der Waals surface area contributed by atoms with E-state index < -0.39 is 0 Å². The molecule has 4 nitrogen and oxygen atoms in total. The maximum atomic E-state index is 11.9. The van der Waals surface area contributed by atoms with Crippen LogP contribution in [0.3, 0.4) is 0 Å². The minimum atomic E-state index is -0.251. The normalized spacial score (nSPS) is 32.5. The van der Waals surface area contributed by atoms with Gasteiger partial charge in [0.25, 0.3) is 0 Å². The van der Waals surface area contributed by atoms with Crippen molar-refractivity contribution in [3.63, 3.8) is 0 Å². The van der Waals surface area contributed by atoms with Gasteiger partial charge < -0.3 is 9.47 Å². The highest BCUT2D eigenvalue weighted by atomic mass is 16.6. The molecule has 2 atom stereocenters. The van der Waals surface area contributed by atoms with Crippen LogP contribution in [0.25, 0.3) is 0 Å². The van der Waals surface area contributed by atoms with Gasteiger partial charge in [0.15, 0.2) is 0 Å². The number of carbonyl (C=O) groups is 2. The summed E-state index contributed by atoms with van der Waals surface area (Å²) >= 11 is 0. The van der Waals surface area contributed by atoms with Crippen LogP contribution in [0.4, 0.5) is 0 Å². The van der Waals surface area contributed by atoms with E-state index in [9.17, 15) is 9.59 Å². The predicted molar refractivity (Wildman–Crippen MR) is 72.8 cm³/mol. The van der Waals surface area contributed by atoms with Gasteiger partial charge in [0, 0.05) is 11.8 Å². The van der Waals surface area contributed by atoms with Crippen LogP contribution in [0, 0.1) is 17.3 Å². The number of carbonyl (C=O) groups excluding carboxylic acids is 2. The van der Waals surface area contributed by atoms with E-state index in [0.29, 0.717) is 6.42 Å². The van der Waals surface area contributed by atoms with Crippen molar-refractivity contribution >= 4 is 11.9 Å². The molecular weight excluding hydrogens is 256 g/mol. The monoisotopic (exact) mass is 280 g/mol. The average Bonchev–Trinajstić information content (AvgIpc) is 2.22. The van der Waals surface area contributed by atoms with E-state index in [0.717, 1.165) is 38.5 Å². The molecule has 3 rings (SSSR count). The van der Waals surface area contributed by atoms with Crippen LogP contribution in [0.2, 0.25) is 0 Å². The largest absolute Gasteiger partial charge is 0.461 e. The molecule has 0 amide bonds. The molecule has 0 heterocycles. The Balaban J connectivity index is 1.48. The molecule has 3 aliphatic rings. The van der Waals surface area contributed by atoms with Gasteiger partial charge >= 0.3 is 11.9 Å². The Morgan fingerprint density at radius 1 is 0.850 bits per heavy atom. The van der Waals surface area contributed by atoms with Crippen molar-refractivity contribution < 1.29 is 19.1 Å². The maximum absolute atomic E-state index is 11.9. The van der Waals surface area contributed by atoms with Crippen LogP contribution >= 0.6 is 0 Å². The van der Waals surface area contributed by atoms with Crippen molar-refractivity contribution in [1.82, 2.24) is 0 Å². The maximum Gasteiger partial charge on any atom is 0.309 e. The number of esters is 2. The Kier molecular flexibility index (Phi) is 3.51. The first-order valence-electron chi connectivity index (χ1n) is 7.89. The van der Waals surface area contributed by atoms with Gasteiger partial charge in [0.1, 0.15) is 12.2 Å². The third kappa shape index (κ3) is 2.33. The molecule has 3 fully saturated rings. The topological polar surface area (TPSA) is 52.6 Å². The molecule has 0 N–H and O–H groups in total. The molecule has 3 saturated carbocycles. The van der Waals surface area contributed by atoms with Gasteiger partial charge in [-0.25, -0.2) is 0 Å². The summed E-state index contributed by atoms with van der Waals surface area (Å²) in [5.74, 6) is 0.112. The molecule has 0 saturated heterocycles. The summed E-state index contributed by atoms with van der Waals surface area (Å²) < 4.78 is 11.2. The van der Waals surface area contributed by atoms with Crippen molar-refractivity contribution in [1.29, 1.82) is 0 Å². The third-order valence-corrected chi connectivity index (χ3v) is 5.48. The highest BCUT2D eigenvalue weighted by Gasteiger charge is 2.54. The lowest BCUT2D eigenvalue weighted by Crippen LogP contribution is -2.57. The molecule has 112 valence electrons. The molecule has 0 radical (unpaired) electrons. The minimum Gasteiger partial charge on any atom is -0.461 e. The second-order valence-electron chi connectivity index (χ2n) is 7.16. The van der Waals surface area contributed by atoms with Crippen LogP contribution in [0.5, 0.6) is 0 Å². The van der Waals surface area contributed by atoms with Crippen molar-refractivity contribution in [3.05, 3.63) is 0 Å². The summed E-state index contributed by atoms with van der Waals surface area (Å²) in [4.78, 5) is 23.8. The Morgan fingerprint density at radius 2 is 1.25 bits per heavy atom. The van der Waals surface area contributed by atoms with Gasteiger partial charge in [-0.3, -0.25) is 9.59 Å². The van der Waals surface area contributed by atoms with Gasteiger partial charge in [0.2, 0.25) is 0 Å². The quantitative estimate of drug-likeness (QED) is 0.743. The highest BCUT2D eigenvalue weighted by Crippen LogP contribution is 2.46. The second kappa shape index (κ2) is 5.05. The second-order valence-corrected chi connectivity index (χ2v) is 7.16. The van der Waals surface area contributed by atoms with E-state index in [1.165, 1.54) is 0 Å². The van der Waals surface area contributed by atoms with E-state index >= 15 is 0 Å². The van der Waals surface area contributed by atoms with E-state index in [1.807, 2.05) is 13.8 Å². The molecule has 0 aromatic rings. The summed E-state index contributed by atoms with van der Waals surface area (Å²) in [5, 5.41) is 0. The van der Waals surface area contributed by atoms with E-state index in [4.69, 9.17) is 9.47 Å². The Morgan fingerprint density at radius 3 is 1.50 bits per heavy atom. The summed E-state index contributed by atoms with van der Waals surface area (Å²) in [6.07, 6.45) is 6.58. The van der Waals surface area contributed by atoms with E-state index in [2.05, 4.69) is 0 Å². The SMILES string of the molecule is CC1(C)[C@@H](OC(=O)C2CCC2)C[C@@H]1OC(=O)C1CCC1. The Bertz CT molecular complexity index is 371. The first kappa shape index (κ1) is 13.9. The zero-order valence-corrected chi connectivity index (χ0v) is 12.4. The smallest absolute Gasteiger partial charge is 0.309 e. The Hall–Kier alpha value is -1.06. The van der Waals surface area contributed by atoms with Gasteiger partial charge in [0.05, 0.1) is 11.8 Å². The van der Waals surface area contributed by atoms with Crippen molar-refractivity contribution in [2.75, 3.05) is 0 Å². The van der Waals surface area contributed by atoms with Crippen molar-refractivity contribution in [3.8, 4) is 0 Å². The van der Waals surface area contributed by atoms with Gasteiger partial charge in [-0.15, -0.1) is 0 Å². The molecule has 0 unspecified atom stereocenters. The molecular formula is C16H24O4. The van der Waals surface area contributed by atoms with Gasteiger partial charge in [-0.1, -0.05) is 26.7 Å². The molecule has 4 heteroatoms. The lowest BCUT2D eigenvalue weighted by molar-refractivity contribution is -0.213. The number of ether oxygens (including phenoxy) is 2. The Labute approximate surface area is 120 Å². The summed E-state index contributed by atoms with van der Waals surface area (Å²) in [7, 11) is 0. The fourth-order valence-corrected chi connectivity index (χ4v) is 3.01. The van der Waals surface area contributed by atoms with Gasteiger partial charge in [-0.2, -0.15) is 0 Å². The fraction of sp³-hybridized carbons (Fsp3) is 0.875. The molecule has 0 aromatic carbocycles. The molecule has 3 aliphatic carbocycles. The number of hydrogen-bond donors (Lipinski definition) is 0. The first-order chi connectivity index (χ1) is 9.48. The summed E-state index contributed by atoms with van der Waals surface area (Å²) in [6.45, 7) is 4.04. The molecule has 0 bridgehead atoms. The minimum absolute atomic E-state index is 0.0573. The van der Waals surface area contributed by atoms with E-state index in [1.54, 1.807) is 0 Å². The van der Waals surface area contributed by atoms with Crippen LogP contribution in [0.15, 0.2) is 0 Å². The van der Waals surface area contributed by atoms with Crippen molar-refractivity contribution in [2.45, 2.75) is 71.0 Å².